The van der Waals surface area contributed by atoms with E-state index in [-0.39, 0.29) is 17.9 Å². The van der Waals surface area contributed by atoms with Gasteiger partial charge in [0.2, 0.25) is 5.91 Å². The highest BCUT2D eigenvalue weighted by Crippen LogP contribution is 2.28. The van der Waals surface area contributed by atoms with E-state index in [0.717, 1.165) is 9.94 Å². The Kier molecular flexibility index (Phi) is 4.37. The normalized spacial score (nSPS) is 18.6. The molecular weight excluding hydrogens is 250 g/mol. The lowest BCUT2D eigenvalue weighted by atomic mass is 9.99. The molecule has 1 aromatic rings. The van der Waals surface area contributed by atoms with Gasteiger partial charge in [0.15, 0.2) is 0 Å². The minimum atomic E-state index is -0.279. The maximum Gasteiger partial charge on any atom is 0.249 e. The number of carbonyl (C=O) groups excluding carboxylic acids is 1. The zero-order valence-corrected chi connectivity index (χ0v) is 11.6. The number of ether oxygens (including phenoxy) is 1. The van der Waals surface area contributed by atoms with Gasteiger partial charge in [-0.15, -0.1) is 11.3 Å². The van der Waals surface area contributed by atoms with Crippen molar-refractivity contribution in [2.24, 2.45) is 5.92 Å². The van der Waals surface area contributed by atoms with Crippen LogP contribution >= 0.6 is 11.3 Å². The molecule has 1 fully saturated rings. The molecule has 18 heavy (non-hydrogen) atoms. The van der Waals surface area contributed by atoms with E-state index < -0.39 is 0 Å². The lowest BCUT2D eigenvalue weighted by Gasteiger charge is -2.28. The molecule has 1 atom stereocenters. The highest BCUT2D eigenvalue weighted by molar-refractivity contribution is 7.12. The molecule has 1 amide bonds. The molecule has 2 heterocycles. The highest BCUT2D eigenvalue weighted by atomic mass is 32.1. The second kappa shape index (κ2) is 5.82. The van der Waals surface area contributed by atoms with Gasteiger partial charge in [-0.1, -0.05) is 0 Å². The van der Waals surface area contributed by atoms with E-state index in [2.05, 4.69) is 0 Å². The summed E-state index contributed by atoms with van der Waals surface area (Å²) in [6.07, 6.45) is 1.40. The van der Waals surface area contributed by atoms with Crippen LogP contribution in [0, 0.1) is 12.8 Å². The number of thiophene rings is 1. The summed E-state index contributed by atoms with van der Waals surface area (Å²) in [6, 6.07) is 3.69. The lowest BCUT2D eigenvalue weighted by molar-refractivity contribution is -0.182. The number of hydroxylamine groups is 2. The molecule has 1 aromatic heterocycles. The predicted octanol–water partition coefficient (Wildman–Crippen LogP) is 2.76. The minimum Gasteiger partial charge on any atom is -0.381 e. The van der Waals surface area contributed by atoms with Crippen molar-refractivity contribution in [1.29, 1.82) is 0 Å². The number of amides is 1. The largest absolute Gasteiger partial charge is 0.381 e. The molecular formula is C13H19NO3S. The Balaban J connectivity index is 2.01. The van der Waals surface area contributed by atoms with Gasteiger partial charge in [-0.2, -0.15) is 0 Å². The van der Waals surface area contributed by atoms with Gasteiger partial charge in [-0.3, -0.25) is 10.0 Å². The second-order valence-electron chi connectivity index (χ2n) is 4.69. The molecule has 0 radical (unpaired) electrons. The first-order valence-electron chi connectivity index (χ1n) is 6.25. The SMILES string of the molecule is Cc1ccc(C(C)N(O)C(=O)C2CCOCC2)s1. The number of hydrogen-bond donors (Lipinski definition) is 1. The van der Waals surface area contributed by atoms with Gasteiger partial charge in [-0.05, 0) is 38.8 Å². The Labute approximate surface area is 111 Å². The third-order valence-electron chi connectivity index (χ3n) is 3.34. The minimum absolute atomic E-state index is 0.104. The van der Waals surface area contributed by atoms with Crippen LogP contribution in [-0.4, -0.2) is 29.4 Å². The Hall–Kier alpha value is -0.910. The Bertz CT molecular complexity index is 412. The first kappa shape index (κ1) is 13.5. The molecule has 100 valence electrons. The number of hydrogen-bond acceptors (Lipinski definition) is 4. The standard InChI is InChI=1S/C13H19NO3S/c1-9-3-4-12(18-9)10(2)14(16)13(15)11-5-7-17-8-6-11/h3-4,10-11,16H,5-8H2,1-2H3. The van der Waals surface area contributed by atoms with Crippen molar-refractivity contribution < 1.29 is 14.7 Å². The van der Waals surface area contributed by atoms with Gasteiger partial charge in [0.1, 0.15) is 0 Å². The van der Waals surface area contributed by atoms with Gasteiger partial charge in [0, 0.05) is 28.9 Å². The number of nitrogens with zero attached hydrogens (tertiary/aromatic N) is 1. The number of carbonyl (C=O) groups is 1. The molecule has 1 aliphatic heterocycles. The van der Waals surface area contributed by atoms with Gasteiger partial charge in [0.25, 0.3) is 0 Å². The topological polar surface area (TPSA) is 49.8 Å². The first-order chi connectivity index (χ1) is 8.59. The van der Waals surface area contributed by atoms with Crippen LogP contribution in [0.4, 0.5) is 0 Å². The van der Waals surface area contributed by atoms with E-state index in [1.54, 1.807) is 11.3 Å². The summed E-state index contributed by atoms with van der Waals surface area (Å²) in [7, 11) is 0. The van der Waals surface area contributed by atoms with Crippen LogP contribution in [0.1, 0.15) is 35.6 Å². The maximum atomic E-state index is 12.1. The van der Waals surface area contributed by atoms with Crippen molar-refractivity contribution in [1.82, 2.24) is 5.06 Å². The molecule has 2 rings (SSSR count). The van der Waals surface area contributed by atoms with Gasteiger partial charge in [0.05, 0.1) is 6.04 Å². The molecule has 1 aliphatic rings. The van der Waals surface area contributed by atoms with Crippen molar-refractivity contribution in [3.05, 3.63) is 21.9 Å². The predicted molar refractivity (Wildman–Crippen MR) is 69.6 cm³/mol. The van der Waals surface area contributed by atoms with E-state index in [1.165, 1.54) is 4.88 Å². The Morgan fingerprint density at radius 1 is 1.50 bits per heavy atom. The maximum absolute atomic E-state index is 12.1. The number of rotatable bonds is 3. The third-order valence-corrected chi connectivity index (χ3v) is 4.51. The van der Waals surface area contributed by atoms with Crippen molar-refractivity contribution in [3.8, 4) is 0 Å². The summed E-state index contributed by atoms with van der Waals surface area (Å²) in [5, 5.41) is 10.9. The molecule has 0 saturated carbocycles. The van der Waals surface area contributed by atoms with Crippen LogP contribution in [0.5, 0.6) is 0 Å². The van der Waals surface area contributed by atoms with Gasteiger partial charge < -0.3 is 4.74 Å². The van der Waals surface area contributed by atoms with E-state index in [4.69, 9.17) is 4.74 Å². The van der Waals surface area contributed by atoms with Gasteiger partial charge >= 0.3 is 0 Å². The summed E-state index contributed by atoms with van der Waals surface area (Å²) in [5.41, 5.74) is 0. The van der Waals surface area contributed by atoms with Crippen LogP contribution in [0.25, 0.3) is 0 Å². The van der Waals surface area contributed by atoms with E-state index >= 15 is 0 Å². The molecule has 0 aliphatic carbocycles. The lowest BCUT2D eigenvalue weighted by Crippen LogP contribution is -2.37. The van der Waals surface area contributed by atoms with Crippen molar-refractivity contribution in [3.63, 3.8) is 0 Å². The average molecular weight is 269 g/mol. The summed E-state index contributed by atoms with van der Waals surface area (Å²) in [4.78, 5) is 14.3. The molecule has 1 unspecified atom stereocenters. The smallest absolute Gasteiger partial charge is 0.249 e. The van der Waals surface area contributed by atoms with Crippen molar-refractivity contribution in [2.45, 2.75) is 32.7 Å². The second-order valence-corrected chi connectivity index (χ2v) is 6.01. The van der Waals surface area contributed by atoms with Crippen LogP contribution < -0.4 is 0 Å². The van der Waals surface area contributed by atoms with Crippen LogP contribution in [0.2, 0.25) is 0 Å². The number of aryl methyl sites for hydroxylation is 1. The van der Waals surface area contributed by atoms with Crippen LogP contribution in [-0.2, 0) is 9.53 Å². The van der Waals surface area contributed by atoms with E-state index in [0.29, 0.717) is 26.1 Å². The zero-order chi connectivity index (χ0) is 13.1. The summed E-state index contributed by atoms with van der Waals surface area (Å²) < 4.78 is 5.23. The molecule has 0 bridgehead atoms. The highest BCUT2D eigenvalue weighted by Gasteiger charge is 2.29. The molecule has 4 nitrogen and oxygen atoms in total. The molecule has 1 N–H and O–H groups in total. The Morgan fingerprint density at radius 3 is 2.72 bits per heavy atom. The first-order valence-corrected chi connectivity index (χ1v) is 7.07. The molecule has 5 heteroatoms. The quantitative estimate of drug-likeness (QED) is 0.678. The fourth-order valence-corrected chi connectivity index (χ4v) is 3.04. The monoisotopic (exact) mass is 269 g/mol. The van der Waals surface area contributed by atoms with E-state index in [1.807, 2.05) is 26.0 Å². The fourth-order valence-electron chi connectivity index (χ4n) is 2.12. The van der Waals surface area contributed by atoms with Crippen molar-refractivity contribution >= 4 is 17.2 Å². The zero-order valence-electron chi connectivity index (χ0n) is 10.8. The van der Waals surface area contributed by atoms with Gasteiger partial charge in [-0.25, -0.2) is 5.06 Å². The summed E-state index contributed by atoms with van der Waals surface area (Å²) >= 11 is 1.61. The fraction of sp³-hybridized carbons (Fsp3) is 0.615. The van der Waals surface area contributed by atoms with Crippen LogP contribution in [0.15, 0.2) is 12.1 Å². The average Bonchev–Trinajstić information content (AvgIpc) is 2.84. The summed E-state index contributed by atoms with van der Waals surface area (Å²) in [6.45, 7) is 5.08. The molecule has 1 saturated heterocycles. The van der Waals surface area contributed by atoms with Crippen molar-refractivity contribution in [2.75, 3.05) is 13.2 Å². The molecule has 0 aromatic carbocycles. The molecule has 0 spiro atoms. The van der Waals surface area contributed by atoms with E-state index in [9.17, 15) is 10.0 Å². The third kappa shape index (κ3) is 2.91. The summed E-state index contributed by atoms with van der Waals surface area (Å²) in [5.74, 6) is -0.288. The Morgan fingerprint density at radius 2 is 2.17 bits per heavy atom. The van der Waals surface area contributed by atoms with Crippen LogP contribution in [0.3, 0.4) is 0 Å².